The van der Waals surface area contributed by atoms with Crippen LogP contribution in [0.15, 0.2) is 24.3 Å². The molecule has 0 amide bonds. The Kier molecular flexibility index (Phi) is 3.35. The molecule has 0 fully saturated rings. The molecule has 2 N–H and O–H groups in total. The molecule has 0 unspecified atom stereocenters. The number of nitriles is 1. The zero-order valence-electron chi connectivity index (χ0n) is 12.2. The molecule has 7 nitrogen and oxygen atoms in total. The number of aryl methyl sites for hydroxylation is 1. The first kappa shape index (κ1) is 13.8. The van der Waals surface area contributed by atoms with E-state index in [1.807, 2.05) is 37.3 Å². The van der Waals surface area contributed by atoms with Crippen molar-refractivity contribution in [2.24, 2.45) is 0 Å². The fourth-order valence-corrected chi connectivity index (χ4v) is 2.34. The number of ether oxygens (including phenoxy) is 1. The Labute approximate surface area is 127 Å². The van der Waals surface area contributed by atoms with Gasteiger partial charge in [-0.05, 0) is 24.1 Å². The molecule has 22 heavy (non-hydrogen) atoms. The quantitative estimate of drug-likeness (QED) is 0.790. The first-order valence-corrected chi connectivity index (χ1v) is 6.77. The Morgan fingerprint density at radius 3 is 2.59 bits per heavy atom. The van der Waals surface area contributed by atoms with Gasteiger partial charge in [0.1, 0.15) is 11.8 Å². The number of methoxy groups -OCH3 is 1. The number of fused-ring (bicyclic) bond motifs is 1. The first-order valence-electron chi connectivity index (χ1n) is 6.77. The van der Waals surface area contributed by atoms with E-state index in [2.05, 4.69) is 15.3 Å². The SMILES string of the molecule is CCc1nn2c(N)c(C#N)nnc2c1-c1ccc(OC)cc1. The summed E-state index contributed by atoms with van der Waals surface area (Å²) in [5.41, 5.74) is 9.22. The number of aromatic nitrogens is 4. The Bertz CT molecular complexity index is 876. The summed E-state index contributed by atoms with van der Waals surface area (Å²) in [6.07, 6.45) is 0.714. The van der Waals surface area contributed by atoms with E-state index in [-0.39, 0.29) is 11.5 Å². The molecule has 0 bridgehead atoms. The van der Waals surface area contributed by atoms with Gasteiger partial charge in [0, 0.05) is 0 Å². The number of nitrogen functional groups attached to an aromatic ring is 1. The summed E-state index contributed by atoms with van der Waals surface area (Å²) in [7, 11) is 1.62. The van der Waals surface area contributed by atoms with Crippen molar-refractivity contribution in [3.05, 3.63) is 35.7 Å². The average Bonchev–Trinajstić information content (AvgIpc) is 2.95. The Balaban J connectivity index is 2.28. The summed E-state index contributed by atoms with van der Waals surface area (Å²) in [6, 6.07) is 9.53. The van der Waals surface area contributed by atoms with Crippen LogP contribution in [0.3, 0.4) is 0 Å². The van der Waals surface area contributed by atoms with E-state index in [0.29, 0.717) is 12.1 Å². The lowest BCUT2D eigenvalue weighted by Crippen LogP contribution is -2.06. The Morgan fingerprint density at radius 2 is 2.00 bits per heavy atom. The Morgan fingerprint density at radius 1 is 1.27 bits per heavy atom. The van der Waals surface area contributed by atoms with Crippen LogP contribution < -0.4 is 10.5 Å². The van der Waals surface area contributed by atoms with E-state index in [4.69, 9.17) is 15.7 Å². The lowest BCUT2D eigenvalue weighted by Gasteiger charge is -2.04. The minimum atomic E-state index is 0.0685. The number of rotatable bonds is 3. The lowest BCUT2D eigenvalue weighted by molar-refractivity contribution is 0.415. The number of benzene rings is 1. The van der Waals surface area contributed by atoms with Gasteiger partial charge in [0.2, 0.25) is 5.69 Å². The third-order valence-corrected chi connectivity index (χ3v) is 3.47. The van der Waals surface area contributed by atoms with Gasteiger partial charge in [0.15, 0.2) is 11.5 Å². The lowest BCUT2D eigenvalue weighted by atomic mass is 10.0. The summed E-state index contributed by atoms with van der Waals surface area (Å²) in [6.45, 7) is 2.00. The molecule has 0 radical (unpaired) electrons. The van der Waals surface area contributed by atoms with Crippen LogP contribution in [0.4, 0.5) is 5.82 Å². The molecule has 0 spiro atoms. The van der Waals surface area contributed by atoms with Crippen LogP contribution in [0.5, 0.6) is 5.75 Å². The highest BCUT2D eigenvalue weighted by atomic mass is 16.5. The molecular formula is C15H14N6O. The van der Waals surface area contributed by atoms with Gasteiger partial charge < -0.3 is 10.5 Å². The predicted molar refractivity (Wildman–Crippen MR) is 81.3 cm³/mol. The van der Waals surface area contributed by atoms with Crippen LogP contribution in [0.2, 0.25) is 0 Å². The molecule has 2 aromatic heterocycles. The third kappa shape index (κ3) is 2.02. The van der Waals surface area contributed by atoms with E-state index < -0.39 is 0 Å². The molecule has 110 valence electrons. The van der Waals surface area contributed by atoms with Gasteiger partial charge in [-0.15, -0.1) is 10.2 Å². The smallest absolute Gasteiger partial charge is 0.205 e. The molecule has 7 heteroatoms. The highest BCUT2D eigenvalue weighted by Crippen LogP contribution is 2.30. The van der Waals surface area contributed by atoms with Crippen molar-refractivity contribution in [2.75, 3.05) is 12.8 Å². The zero-order chi connectivity index (χ0) is 15.7. The maximum absolute atomic E-state index is 9.00. The highest BCUT2D eigenvalue weighted by Gasteiger charge is 2.18. The van der Waals surface area contributed by atoms with Crippen molar-refractivity contribution in [1.29, 1.82) is 5.26 Å². The molecule has 0 aliphatic heterocycles. The van der Waals surface area contributed by atoms with Gasteiger partial charge in [-0.2, -0.15) is 14.9 Å². The summed E-state index contributed by atoms with van der Waals surface area (Å²) < 4.78 is 6.65. The van der Waals surface area contributed by atoms with Crippen molar-refractivity contribution >= 4 is 11.5 Å². The highest BCUT2D eigenvalue weighted by molar-refractivity contribution is 5.81. The fourth-order valence-electron chi connectivity index (χ4n) is 2.34. The van der Waals surface area contributed by atoms with E-state index in [0.717, 1.165) is 22.6 Å². The largest absolute Gasteiger partial charge is 0.497 e. The van der Waals surface area contributed by atoms with Crippen molar-refractivity contribution in [3.8, 4) is 22.9 Å². The molecule has 1 aromatic carbocycles. The zero-order valence-corrected chi connectivity index (χ0v) is 12.2. The van der Waals surface area contributed by atoms with E-state index in [9.17, 15) is 0 Å². The molecule has 0 saturated heterocycles. The van der Waals surface area contributed by atoms with Gasteiger partial charge in [-0.25, -0.2) is 0 Å². The number of nitrogens with zero attached hydrogens (tertiary/aromatic N) is 5. The second kappa shape index (κ2) is 5.33. The van der Waals surface area contributed by atoms with Gasteiger partial charge in [-0.1, -0.05) is 19.1 Å². The molecule has 3 rings (SSSR count). The number of hydrogen-bond donors (Lipinski definition) is 1. The summed E-state index contributed by atoms with van der Waals surface area (Å²) in [5.74, 6) is 0.970. The minimum Gasteiger partial charge on any atom is -0.497 e. The number of nitrogens with two attached hydrogens (primary N) is 1. The van der Waals surface area contributed by atoms with Gasteiger partial charge in [-0.3, -0.25) is 0 Å². The van der Waals surface area contributed by atoms with Crippen LogP contribution in [0.1, 0.15) is 18.3 Å². The monoisotopic (exact) mass is 294 g/mol. The summed E-state index contributed by atoms with van der Waals surface area (Å²) >= 11 is 0. The molecule has 0 aliphatic carbocycles. The second-order valence-electron chi connectivity index (χ2n) is 4.68. The van der Waals surface area contributed by atoms with Gasteiger partial charge >= 0.3 is 0 Å². The van der Waals surface area contributed by atoms with Gasteiger partial charge in [0.25, 0.3) is 0 Å². The molecule has 3 aromatic rings. The maximum Gasteiger partial charge on any atom is 0.205 e. The summed E-state index contributed by atoms with van der Waals surface area (Å²) in [5, 5.41) is 21.5. The van der Waals surface area contributed by atoms with Crippen molar-refractivity contribution in [3.63, 3.8) is 0 Å². The van der Waals surface area contributed by atoms with E-state index >= 15 is 0 Å². The maximum atomic E-state index is 9.00. The fraction of sp³-hybridized carbons (Fsp3) is 0.200. The molecule has 0 aliphatic rings. The van der Waals surface area contributed by atoms with Crippen LogP contribution in [0.25, 0.3) is 16.8 Å². The third-order valence-electron chi connectivity index (χ3n) is 3.47. The number of anilines is 1. The molecule has 2 heterocycles. The predicted octanol–water partition coefficient (Wildman–Crippen LogP) is 1.82. The van der Waals surface area contributed by atoms with Crippen molar-refractivity contribution in [1.82, 2.24) is 19.8 Å². The second-order valence-corrected chi connectivity index (χ2v) is 4.68. The van der Waals surface area contributed by atoms with Crippen molar-refractivity contribution < 1.29 is 4.74 Å². The van der Waals surface area contributed by atoms with Crippen LogP contribution in [-0.2, 0) is 6.42 Å². The van der Waals surface area contributed by atoms with Gasteiger partial charge in [0.05, 0.1) is 18.4 Å². The standard InChI is InChI=1S/C15H14N6O/c1-3-11-13(9-4-6-10(22-2)7-5-9)15-19-18-12(8-16)14(17)21(15)20-11/h4-7H,3,17H2,1-2H3. The van der Waals surface area contributed by atoms with E-state index in [1.165, 1.54) is 4.52 Å². The molecule has 0 saturated carbocycles. The van der Waals surface area contributed by atoms with Crippen molar-refractivity contribution in [2.45, 2.75) is 13.3 Å². The molecule has 0 atom stereocenters. The van der Waals surface area contributed by atoms with Crippen LogP contribution >= 0.6 is 0 Å². The molecular weight excluding hydrogens is 280 g/mol. The normalized spacial score (nSPS) is 10.6. The topological polar surface area (TPSA) is 102 Å². The Hall–Kier alpha value is -3.14. The average molecular weight is 294 g/mol. The minimum absolute atomic E-state index is 0.0685. The van der Waals surface area contributed by atoms with E-state index in [1.54, 1.807) is 7.11 Å². The number of hydrogen-bond acceptors (Lipinski definition) is 6. The van der Waals surface area contributed by atoms with Crippen LogP contribution in [0, 0.1) is 11.3 Å². The summed E-state index contributed by atoms with van der Waals surface area (Å²) in [4.78, 5) is 0. The van der Waals surface area contributed by atoms with Crippen LogP contribution in [-0.4, -0.2) is 26.9 Å². The first-order chi connectivity index (χ1) is 10.7.